The van der Waals surface area contributed by atoms with E-state index in [4.69, 9.17) is 33.0 Å². The van der Waals surface area contributed by atoms with Crippen LogP contribution in [0.25, 0.3) is 0 Å². The summed E-state index contributed by atoms with van der Waals surface area (Å²) in [6.07, 6.45) is 1.09. The molecule has 0 saturated carbocycles. The van der Waals surface area contributed by atoms with Crippen LogP contribution in [-0.2, 0) is 16.1 Å². The number of para-hydroxylation sites is 1. The summed E-state index contributed by atoms with van der Waals surface area (Å²) in [5.74, 6) is -0.191. The van der Waals surface area contributed by atoms with Gasteiger partial charge in [-0.25, -0.2) is 0 Å². The van der Waals surface area contributed by atoms with Gasteiger partial charge in [0.25, 0.3) is 0 Å². The quantitative estimate of drug-likeness (QED) is 0.272. The number of carbonyl (C=O) groups is 2. The first-order chi connectivity index (χ1) is 17.6. The molecule has 1 aliphatic rings. The van der Waals surface area contributed by atoms with Gasteiger partial charge < -0.3 is 25.2 Å². The van der Waals surface area contributed by atoms with Crippen LogP contribution >= 0.6 is 45.8 Å². The van der Waals surface area contributed by atoms with Crippen molar-refractivity contribution in [2.75, 3.05) is 13.2 Å². The third kappa shape index (κ3) is 7.94. The topological polar surface area (TPSA) is 99.1 Å². The molecule has 0 radical (unpaired) electrons. The molecule has 1 aliphatic carbocycles. The average Bonchev–Trinajstić information content (AvgIpc) is 2.84. The first-order valence-electron chi connectivity index (χ1n) is 11.7. The number of aliphatic hydroxyl groups excluding tert-OH is 2. The summed E-state index contributed by atoms with van der Waals surface area (Å²) in [5.41, 5.74) is 1.77. The van der Waals surface area contributed by atoms with Crippen LogP contribution in [0, 0.1) is 3.57 Å². The summed E-state index contributed by atoms with van der Waals surface area (Å²) < 4.78 is 6.99. The van der Waals surface area contributed by atoms with Gasteiger partial charge in [0.15, 0.2) is 0 Å². The summed E-state index contributed by atoms with van der Waals surface area (Å²) in [7, 11) is 0. The summed E-state index contributed by atoms with van der Waals surface area (Å²) in [5, 5.41) is 24.1. The molecule has 10 heteroatoms. The predicted octanol–water partition coefficient (Wildman–Crippen LogP) is 4.51. The number of carbonyl (C=O) groups excluding carboxylic acids is 2. The number of aliphatic hydroxyl groups is 2. The molecule has 198 valence electrons. The molecule has 2 aromatic rings. The second-order valence-electron chi connectivity index (χ2n) is 8.87. The molecule has 3 atom stereocenters. The van der Waals surface area contributed by atoms with E-state index in [1.54, 1.807) is 44.2 Å². The highest BCUT2D eigenvalue weighted by Crippen LogP contribution is 2.32. The van der Waals surface area contributed by atoms with Crippen LogP contribution in [0.2, 0.25) is 10.0 Å². The molecule has 0 bridgehead atoms. The maximum Gasteiger partial charge on any atom is 0.247 e. The Morgan fingerprint density at radius 2 is 1.95 bits per heavy atom. The maximum atomic E-state index is 13.4. The van der Waals surface area contributed by atoms with Crippen LogP contribution in [0.3, 0.4) is 0 Å². The van der Waals surface area contributed by atoms with Crippen LogP contribution in [0.4, 0.5) is 0 Å². The van der Waals surface area contributed by atoms with Gasteiger partial charge >= 0.3 is 0 Å². The number of ether oxygens (including phenoxy) is 1. The van der Waals surface area contributed by atoms with Crippen molar-refractivity contribution in [3.05, 3.63) is 84.9 Å². The van der Waals surface area contributed by atoms with Crippen molar-refractivity contribution in [1.29, 1.82) is 0 Å². The Morgan fingerprint density at radius 3 is 2.59 bits per heavy atom. The van der Waals surface area contributed by atoms with Crippen molar-refractivity contribution < 1.29 is 24.5 Å². The SMILES string of the molecule is CC(C)=CC(=O)N(Cc1ccc(Cl)cc1Cl)[C@@H]1CC(C(=O)NCCO)=C[C@H](Oc2ccccc2I)[C@H]1O. The molecule has 7 nitrogen and oxygen atoms in total. The molecule has 2 amide bonds. The van der Waals surface area contributed by atoms with E-state index >= 15 is 0 Å². The molecule has 0 unspecified atom stereocenters. The minimum Gasteiger partial charge on any atom is -0.482 e. The summed E-state index contributed by atoms with van der Waals surface area (Å²) in [4.78, 5) is 27.8. The second-order valence-corrected chi connectivity index (χ2v) is 10.9. The highest BCUT2D eigenvalue weighted by Gasteiger charge is 2.40. The van der Waals surface area contributed by atoms with Crippen LogP contribution in [0.15, 0.2) is 65.8 Å². The lowest BCUT2D eigenvalue weighted by molar-refractivity contribution is -0.134. The van der Waals surface area contributed by atoms with E-state index in [0.717, 1.165) is 9.14 Å². The lowest BCUT2D eigenvalue weighted by Crippen LogP contribution is -2.54. The number of rotatable bonds is 9. The fraction of sp³-hybridized carbons (Fsp3) is 0.333. The zero-order chi connectivity index (χ0) is 27.1. The van der Waals surface area contributed by atoms with Crippen LogP contribution in [-0.4, -0.2) is 58.3 Å². The molecule has 0 heterocycles. The van der Waals surface area contributed by atoms with E-state index in [9.17, 15) is 14.7 Å². The summed E-state index contributed by atoms with van der Waals surface area (Å²) in [6, 6.07) is 11.5. The third-order valence-electron chi connectivity index (χ3n) is 5.77. The Kier molecular flexibility index (Phi) is 10.8. The van der Waals surface area contributed by atoms with Gasteiger partial charge in [-0.1, -0.05) is 47.0 Å². The molecule has 0 aliphatic heterocycles. The fourth-order valence-electron chi connectivity index (χ4n) is 3.99. The predicted molar refractivity (Wildman–Crippen MR) is 153 cm³/mol. The highest BCUT2D eigenvalue weighted by molar-refractivity contribution is 14.1. The van der Waals surface area contributed by atoms with Crippen molar-refractivity contribution in [3.63, 3.8) is 0 Å². The maximum absolute atomic E-state index is 13.4. The van der Waals surface area contributed by atoms with E-state index in [-0.39, 0.29) is 32.0 Å². The summed E-state index contributed by atoms with van der Waals surface area (Å²) >= 11 is 14.6. The van der Waals surface area contributed by atoms with Crippen LogP contribution in [0.5, 0.6) is 5.75 Å². The monoisotopic (exact) mass is 658 g/mol. The number of amides is 2. The standard InChI is InChI=1S/C27H29Cl2IN2O5/c1-16(2)11-25(34)32(15-17-7-8-19(28)14-20(17)29)22-12-18(27(36)31-9-10-33)13-24(26(22)35)37-23-6-4-3-5-21(23)30/h3-8,11,13-14,22,24,26,33,35H,9-10,12,15H2,1-2H3,(H,31,36)/t22-,24+,26+/m1/s1. The van der Waals surface area contributed by atoms with Gasteiger partial charge in [0.05, 0.1) is 16.2 Å². The first-order valence-corrected chi connectivity index (χ1v) is 13.5. The number of benzene rings is 2. The van der Waals surface area contributed by atoms with Gasteiger partial charge in [-0.15, -0.1) is 0 Å². The lowest BCUT2D eigenvalue weighted by atomic mass is 9.87. The van der Waals surface area contributed by atoms with E-state index in [1.807, 2.05) is 18.2 Å². The van der Waals surface area contributed by atoms with Crippen molar-refractivity contribution in [1.82, 2.24) is 10.2 Å². The molecule has 37 heavy (non-hydrogen) atoms. The average molecular weight is 659 g/mol. The Balaban J connectivity index is 2.03. The molecule has 0 spiro atoms. The molecular formula is C27H29Cl2IN2O5. The van der Waals surface area contributed by atoms with E-state index in [0.29, 0.717) is 26.9 Å². The van der Waals surface area contributed by atoms with Crippen LogP contribution < -0.4 is 10.1 Å². The number of hydrogen-bond acceptors (Lipinski definition) is 5. The molecule has 3 rings (SSSR count). The minimum absolute atomic E-state index is 0.0757. The van der Waals surface area contributed by atoms with E-state index in [2.05, 4.69) is 27.9 Å². The smallest absolute Gasteiger partial charge is 0.247 e. The zero-order valence-corrected chi connectivity index (χ0v) is 24.1. The number of allylic oxidation sites excluding steroid dienone is 1. The van der Waals surface area contributed by atoms with Crippen molar-refractivity contribution >= 4 is 57.6 Å². The van der Waals surface area contributed by atoms with Gasteiger partial charge in [-0.05, 0) is 72.3 Å². The molecule has 0 saturated heterocycles. The molecular weight excluding hydrogens is 630 g/mol. The number of hydrogen-bond donors (Lipinski definition) is 3. The minimum atomic E-state index is -1.15. The van der Waals surface area contributed by atoms with Crippen molar-refractivity contribution in [2.45, 2.75) is 45.1 Å². The number of nitrogens with zero attached hydrogens (tertiary/aromatic N) is 1. The fourth-order valence-corrected chi connectivity index (χ4v) is 4.97. The molecule has 0 aromatic heterocycles. The number of halogens is 3. The van der Waals surface area contributed by atoms with Gasteiger partial charge in [0.1, 0.15) is 18.0 Å². The highest BCUT2D eigenvalue weighted by atomic mass is 127. The van der Waals surface area contributed by atoms with Gasteiger partial charge in [0, 0.05) is 41.2 Å². The molecule has 3 N–H and O–H groups in total. The van der Waals surface area contributed by atoms with E-state index < -0.39 is 24.2 Å². The van der Waals surface area contributed by atoms with Gasteiger partial charge in [-0.3, -0.25) is 9.59 Å². The normalized spacial score (nSPS) is 19.0. The van der Waals surface area contributed by atoms with Gasteiger partial charge in [0.2, 0.25) is 11.8 Å². The lowest BCUT2D eigenvalue weighted by Gasteiger charge is -2.40. The van der Waals surface area contributed by atoms with Crippen molar-refractivity contribution in [2.24, 2.45) is 0 Å². The largest absolute Gasteiger partial charge is 0.482 e. The second kappa shape index (κ2) is 13.6. The Hall–Kier alpha value is -2.11. The molecule has 0 fully saturated rings. The van der Waals surface area contributed by atoms with Crippen LogP contribution in [0.1, 0.15) is 25.8 Å². The summed E-state index contributed by atoms with van der Waals surface area (Å²) in [6.45, 7) is 3.56. The molecule has 2 aromatic carbocycles. The first kappa shape index (κ1) is 29.4. The van der Waals surface area contributed by atoms with Crippen molar-refractivity contribution in [3.8, 4) is 5.75 Å². The zero-order valence-electron chi connectivity index (χ0n) is 20.5. The Morgan fingerprint density at radius 1 is 1.22 bits per heavy atom. The van der Waals surface area contributed by atoms with E-state index in [1.165, 1.54) is 11.0 Å². The number of nitrogens with one attached hydrogen (secondary N) is 1. The Bertz CT molecular complexity index is 1200. The Labute approximate surface area is 240 Å². The van der Waals surface area contributed by atoms with Gasteiger partial charge in [-0.2, -0.15) is 0 Å². The third-order valence-corrected chi connectivity index (χ3v) is 7.24.